The number of halogens is 1. The first kappa shape index (κ1) is 20.6. The van der Waals surface area contributed by atoms with Gasteiger partial charge in [0.15, 0.2) is 0 Å². The Labute approximate surface area is 178 Å². The van der Waals surface area contributed by atoms with E-state index in [0.29, 0.717) is 22.4 Å². The zero-order valence-electron chi connectivity index (χ0n) is 15.9. The van der Waals surface area contributed by atoms with Crippen LogP contribution in [0.15, 0.2) is 83.3 Å². The molecule has 29 heavy (non-hydrogen) atoms. The first-order chi connectivity index (χ1) is 14.1. The molecule has 0 unspecified atom stereocenters. The van der Waals surface area contributed by atoms with E-state index in [9.17, 15) is 9.59 Å². The van der Waals surface area contributed by atoms with Gasteiger partial charge in [-0.25, -0.2) is 0 Å². The molecule has 0 bridgehead atoms. The zero-order valence-corrected chi connectivity index (χ0v) is 17.5. The first-order valence-electron chi connectivity index (χ1n) is 9.22. The Hall–Kier alpha value is -3.12. The second-order valence-electron chi connectivity index (χ2n) is 6.28. The van der Waals surface area contributed by atoms with E-state index in [0.717, 1.165) is 11.1 Å². The van der Waals surface area contributed by atoms with Crippen LogP contribution in [-0.4, -0.2) is 18.4 Å². The molecule has 6 heteroatoms. The molecule has 0 aliphatic carbocycles. The van der Waals surface area contributed by atoms with Crippen LogP contribution in [0.5, 0.6) is 5.75 Å². The third-order valence-corrected chi connectivity index (χ3v) is 4.94. The van der Waals surface area contributed by atoms with Gasteiger partial charge in [-0.3, -0.25) is 20.4 Å². The van der Waals surface area contributed by atoms with Gasteiger partial charge in [0, 0.05) is 5.56 Å². The van der Waals surface area contributed by atoms with Crippen molar-refractivity contribution in [2.24, 2.45) is 0 Å². The average molecular weight is 453 g/mol. The van der Waals surface area contributed by atoms with Gasteiger partial charge >= 0.3 is 0 Å². The molecule has 0 aliphatic rings. The number of hydrazine groups is 1. The fourth-order valence-corrected chi connectivity index (χ4v) is 3.46. The molecule has 5 nitrogen and oxygen atoms in total. The highest BCUT2D eigenvalue weighted by Crippen LogP contribution is 2.26. The number of amides is 2. The van der Waals surface area contributed by atoms with Crippen LogP contribution in [0, 0.1) is 0 Å². The summed E-state index contributed by atoms with van der Waals surface area (Å²) in [5, 5.41) is 0. The largest absolute Gasteiger partial charge is 0.493 e. The van der Waals surface area contributed by atoms with Crippen LogP contribution in [0.2, 0.25) is 0 Å². The van der Waals surface area contributed by atoms with Crippen molar-refractivity contribution in [2.45, 2.75) is 12.8 Å². The van der Waals surface area contributed by atoms with Crippen LogP contribution in [0.1, 0.15) is 34.3 Å². The van der Waals surface area contributed by atoms with Crippen molar-refractivity contribution in [3.05, 3.63) is 100 Å². The Morgan fingerprint density at radius 3 is 2.00 bits per heavy atom. The van der Waals surface area contributed by atoms with Gasteiger partial charge < -0.3 is 4.74 Å². The fraction of sp³-hybridized carbons (Fsp3) is 0.130. The molecule has 3 aromatic rings. The molecule has 0 saturated heterocycles. The smallest absolute Gasteiger partial charge is 0.269 e. The van der Waals surface area contributed by atoms with E-state index >= 15 is 0 Å². The summed E-state index contributed by atoms with van der Waals surface area (Å²) < 4.78 is 6.12. The molecule has 0 fully saturated rings. The van der Waals surface area contributed by atoms with Gasteiger partial charge in [0.2, 0.25) is 5.91 Å². The van der Waals surface area contributed by atoms with Crippen LogP contribution in [0.4, 0.5) is 0 Å². The van der Waals surface area contributed by atoms with Crippen molar-refractivity contribution in [1.29, 1.82) is 0 Å². The summed E-state index contributed by atoms with van der Waals surface area (Å²) in [5.74, 6) is -0.617. The van der Waals surface area contributed by atoms with E-state index < -0.39 is 11.8 Å². The number of carbonyl (C=O) groups excluding carboxylic acids is 2. The van der Waals surface area contributed by atoms with Crippen LogP contribution in [0.25, 0.3) is 0 Å². The van der Waals surface area contributed by atoms with Crippen molar-refractivity contribution in [3.63, 3.8) is 0 Å². The average Bonchev–Trinajstić information content (AvgIpc) is 2.75. The Morgan fingerprint density at radius 1 is 0.897 bits per heavy atom. The van der Waals surface area contributed by atoms with Crippen molar-refractivity contribution in [3.8, 4) is 5.75 Å². The van der Waals surface area contributed by atoms with Gasteiger partial charge in [0.1, 0.15) is 5.75 Å². The molecular weight excluding hydrogens is 432 g/mol. The van der Waals surface area contributed by atoms with Crippen LogP contribution in [0.3, 0.4) is 0 Å². The third kappa shape index (κ3) is 5.23. The van der Waals surface area contributed by atoms with Gasteiger partial charge in [0.25, 0.3) is 5.91 Å². The highest BCUT2D eigenvalue weighted by Gasteiger charge is 2.23. The van der Waals surface area contributed by atoms with Gasteiger partial charge in [-0.2, -0.15) is 0 Å². The van der Waals surface area contributed by atoms with E-state index in [2.05, 4.69) is 26.8 Å². The Kier molecular flexibility index (Phi) is 7.03. The maximum atomic E-state index is 12.9. The lowest BCUT2D eigenvalue weighted by Gasteiger charge is -2.18. The summed E-state index contributed by atoms with van der Waals surface area (Å²) >= 11 is 3.39. The molecule has 2 amide bonds. The molecule has 2 N–H and O–H groups in total. The molecule has 148 valence electrons. The number of hydrogen-bond acceptors (Lipinski definition) is 3. The monoisotopic (exact) mass is 452 g/mol. The molecule has 0 aliphatic heterocycles. The maximum absolute atomic E-state index is 12.9. The van der Waals surface area contributed by atoms with Gasteiger partial charge in [-0.1, -0.05) is 60.7 Å². The summed E-state index contributed by atoms with van der Waals surface area (Å²) in [6.07, 6.45) is 0. The normalized spacial score (nSPS) is 10.4. The molecule has 0 heterocycles. The first-order valence-corrected chi connectivity index (χ1v) is 10.0. The van der Waals surface area contributed by atoms with Crippen LogP contribution >= 0.6 is 15.9 Å². The lowest BCUT2D eigenvalue weighted by Crippen LogP contribution is -2.44. The van der Waals surface area contributed by atoms with Crippen molar-refractivity contribution in [2.75, 3.05) is 6.61 Å². The standard InChI is InChI=1S/C23H21BrN2O3/c1-2-29-20-14-13-18(15-19(20)24)22(27)25-26-23(28)21(16-9-5-3-6-10-16)17-11-7-4-8-12-17/h3-15,21H,2H2,1H3,(H,25,27)(H,26,28). The second-order valence-corrected chi connectivity index (χ2v) is 7.13. The number of benzene rings is 3. The van der Waals surface area contributed by atoms with Crippen LogP contribution in [-0.2, 0) is 4.79 Å². The van der Waals surface area contributed by atoms with Gasteiger partial charge in [0.05, 0.1) is 17.0 Å². The Morgan fingerprint density at radius 2 is 1.48 bits per heavy atom. The Bertz CT molecular complexity index is 938. The summed E-state index contributed by atoms with van der Waals surface area (Å²) in [4.78, 5) is 25.4. The maximum Gasteiger partial charge on any atom is 0.269 e. The SMILES string of the molecule is CCOc1ccc(C(=O)NNC(=O)C(c2ccccc2)c2ccccc2)cc1Br. The molecule has 0 saturated carbocycles. The second kappa shape index (κ2) is 9.89. The number of nitrogens with one attached hydrogen (secondary N) is 2. The zero-order chi connectivity index (χ0) is 20.6. The summed E-state index contributed by atoms with van der Waals surface area (Å²) in [5.41, 5.74) is 7.13. The molecule has 0 spiro atoms. The van der Waals surface area contributed by atoms with Crippen molar-refractivity contribution in [1.82, 2.24) is 10.9 Å². The molecular formula is C23H21BrN2O3. The molecule has 0 aromatic heterocycles. The van der Waals surface area contributed by atoms with E-state index in [1.54, 1.807) is 18.2 Å². The predicted molar refractivity (Wildman–Crippen MR) is 116 cm³/mol. The molecule has 3 aromatic carbocycles. The summed E-state index contributed by atoms with van der Waals surface area (Å²) in [7, 11) is 0. The van der Waals surface area contributed by atoms with E-state index in [1.807, 2.05) is 67.6 Å². The Balaban J connectivity index is 1.73. The van der Waals surface area contributed by atoms with E-state index in [4.69, 9.17) is 4.74 Å². The molecule has 0 atom stereocenters. The molecule has 3 rings (SSSR count). The van der Waals surface area contributed by atoms with Crippen LogP contribution < -0.4 is 15.6 Å². The predicted octanol–water partition coefficient (Wildman–Crippen LogP) is 4.44. The lowest BCUT2D eigenvalue weighted by molar-refractivity contribution is -0.122. The van der Waals surface area contributed by atoms with Gasteiger partial charge in [-0.05, 0) is 52.2 Å². The highest BCUT2D eigenvalue weighted by molar-refractivity contribution is 9.10. The number of carbonyl (C=O) groups is 2. The van der Waals surface area contributed by atoms with Gasteiger partial charge in [-0.15, -0.1) is 0 Å². The third-order valence-electron chi connectivity index (χ3n) is 4.32. The number of hydrogen-bond donors (Lipinski definition) is 2. The number of rotatable bonds is 6. The van der Waals surface area contributed by atoms with Crippen molar-refractivity contribution >= 4 is 27.7 Å². The molecule has 0 radical (unpaired) electrons. The van der Waals surface area contributed by atoms with E-state index in [1.165, 1.54) is 0 Å². The fourth-order valence-electron chi connectivity index (χ4n) is 2.96. The van der Waals surface area contributed by atoms with Crippen molar-refractivity contribution < 1.29 is 14.3 Å². The topological polar surface area (TPSA) is 67.4 Å². The minimum absolute atomic E-state index is 0.319. The minimum Gasteiger partial charge on any atom is -0.493 e. The minimum atomic E-state index is -0.537. The summed E-state index contributed by atoms with van der Waals surface area (Å²) in [6, 6.07) is 23.9. The van der Waals surface area contributed by atoms with E-state index in [-0.39, 0.29) is 5.91 Å². The number of ether oxygens (including phenoxy) is 1. The quantitative estimate of drug-likeness (QED) is 0.543. The summed E-state index contributed by atoms with van der Waals surface area (Å²) in [6.45, 7) is 2.42. The lowest BCUT2D eigenvalue weighted by atomic mass is 9.91. The highest BCUT2D eigenvalue weighted by atomic mass is 79.9.